The zero-order valence-electron chi connectivity index (χ0n) is 26.3. The van der Waals surface area contributed by atoms with E-state index < -0.39 is 41.7 Å². The standard InChI is InChI=1S/C33H52F6N2O2/c1-19-5-11-23(12-6-19)29(42)40-27-17-25(15-9-21(27)3)31(32(34,35)36,33(37,38)39)26-16-10-22(4)28(18-26)41-30(43)24-13-7-20(2)8-14-24/h19-28H,5-18H2,1-4H3,(H,40,42)(H,41,43). The van der Waals surface area contributed by atoms with Crippen LogP contribution in [0.25, 0.3) is 0 Å². The van der Waals surface area contributed by atoms with Crippen LogP contribution in [-0.2, 0) is 9.59 Å². The lowest BCUT2D eigenvalue weighted by molar-refractivity contribution is -0.383. The van der Waals surface area contributed by atoms with Crippen molar-refractivity contribution in [3.63, 3.8) is 0 Å². The third-order valence-electron chi connectivity index (χ3n) is 12.0. The van der Waals surface area contributed by atoms with Crippen LogP contribution < -0.4 is 10.6 Å². The first kappa shape index (κ1) is 34.4. The maximum atomic E-state index is 15.2. The Kier molecular flexibility index (Phi) is 10.8. The van der Waals surface area contributed by atoms with Crippen molar-refractivity contribution in [2.75, 3.05) is 0 Å². The second-order valence-electron chi connectivity index (χ2n) is 15.0. The number of alkyl halides is 6. The molecule has 0 bridgehead atoms. The van der Waals surface area contributed by atoms with Gasteiger partial charge in [0.15, 0.2) is 5.41 Å². The summed E-state index contributed by atoms with van der Waals surface area (Å²) in [7, 11) is 0. The SMILES string of the molecule is CC1CCC(C(=O)NC2CC(C(C3CCC(C)C(NC(=O)C4CCC(C)CC4)C3)(C(F)(F)F)C(F)(F)F)CCC2C)CC1. The topological polar surface area (TPSA) is 58.2 Å². The zero-order valence-corrected chi connectivity index (χ0v) is 26.3. The molecule has 10 heteroatoms. The number of nitrogens with one attached hydrogen (secondary N) is 2. The van der Waals surface area contributed by atoms with E-state index in [0.717, 1.165) is 25.7 Å². The number of rotatable bonds is 6. The smallest absolute Gasteiger partial charge is 0.353 e. The second kappa shape index (κ2) is 13.5. The summed E-state index contributed by atoms with van der Waals surface area (Å²) in [6, 6.07) is -1.47. The highest BCUT2D eigenvalue weighted by molar-refractivity contribution is 5.79. The Labute approximate surface area is 253 Å². The summed E-state index contributed by atoms with van der Waals surface area (Å²) < 4.78 is 91.0. The van der Waals surface area contributed by atoms with Gasteiger partial charge in [-0.05, 0) is 125 Å². The van der Waals surface area contributed by atoms with Gasteiger partial charge >= 0.3 is 12.4 Å². The molecule has 0 spiro atoms. The Morgan fingerprint density at radius 2 is 0.837 bits per heavy atom. The molecule has 43 heavy (non-hydrogen) atoms. The number of halogens is 6. The number of carbonyl (C=O) groups is 2. The van der Waals surface area contributed by atoms with Crippen LogP contribution in [0, 0.1) is 52.8 Å². The van der Waals surface area contributed by atoms with E-state index in [4.69, 9.17) is 0 Å². The first-order valence-corrected chi connectivity index (χ1v) is 16.8. The minimum atomic E-state index is -5.52. The van der Waals surface area contributed by atoms with Crippen molar-refractivity contribution in [3.8, 4) is 0 Å². The molecule has 0 aliphatic heterocycles. The minimum absolute atomic E-state index is 0.189. The maximum Gasteiger partial charge on any atom is 0.403 e. The average molecular weight is 623 g/mol. The number of amides is 2. The average Bonchev–Trinajstić information content (AvgIpc) is 2.91. The summed E-state index contributed by atoms with van der Waals surface area (Å²) in [5.41, 5.74) is -3.90. The minimum Gasteiger partial charge on any atom is -0.353 e. The molecular formula is C33H52F6N2O2. The molecule has 4 rings (SSSR count). The normalized spacial score (nSPS) is 38.3. The summed E-state index contributed by atoms with van der Waals surface area (Å²) in [5, 5.41) is 5.82. The Morgan fingerprint density at radius 1 is 0.512 bits per heavy atom. The van der Waals surface area contributed by atoms with E-state index in [9.17, 15) is 9.59 Å². The fourth-order valence-corrected chi connectivity index (χ4v) is 8.94. The molecule has 0 aromatic heterocycles. The van der Waals surface area contributed by atoms with E-state index in [0.29, 0.717) is 37.5 Å². The Balaban J connectivity index is 1.56. The van der Waals surface area contributed by atoms with Crippen LogP contribution >= 0.6 is 0 Å². The van der Waals surface area contributed by atoms with Gasteiger partial charge in [-0.1, -0.05) is 27.7 Å². The molecule has 2 amide bonds. The van der Waals surface area contributed by atoms with Gasteiger partial charge in [0.2, 0.25) is 11.8 Å². The van der Waals surface area contributed by atoms with Gasteiger partial charge in [0, 0.05) is 23.9 Å². The molecule has 4 aliphatic carbocycles. The van der Waals surface area contributed by atoms with Crippen molar-refractivity contribution in [2.45, 2.75) is 142 Å². The maximum absolute atomic E-state index is 15.2. The van der Waals surface area contributed by atoms with Crippen LogP contribution in [0.4, 0.5) is 26.3 Å². The predicted molar refractivity (Wildman–Crippen MR) is 154 cm³/mol. The first-order chi connectivity index (χ1) is 20.0. The molecule has 0 heterocycles. The summed E-state index contributed by atoms with van der Waals surface area (Å²) in [5.74, 6) is -3.74. The van der Waals surface area contributed by atoms with E-state index >= 15 is 26.3 Å². The van der Waals surface area contributed by atoms with Gasteiger partial charge in [-0.25, -0.2) is 0 Å². The predicted octanol–water partition coefficient (Wildman–Crippen LogP) is 8.59. The van der Waals surface area contributed by atoms with Crippen molar-refractivity contribution in [1.29, 1.82) is 0 Å². The molecule has 0 aromatic carbocycles. The molecule has 6 unspecified atom stereocenters. The van der Waals surface area contributed by atoms with Gasteiger partial charge in [0.05, 0.1) is 0 Å². The molecular weight excluding hydrogens is 570 g/mol. The van der Waals surface area contributed by atoms with Crippen molar-refractivity contribution in [2.24, 2.45) is 52.8 Å². The van der Waals surface area contributed by atoms with Crippen LogP contribution in [0.5, 0.6) is 0 Å². The molecule has 4 saturated carbocycles. The van der Waals surface area contributed by atoms with Crippen molar-refractivity contribution in [3.05, 3.63) is 0 Å². The monoisotopic (exact) mass is 622 g/mol. The Bertz CT molecular complexity index is 876. The van der Waals surface area contributed by atoms with E-state index in [1.807, 2.05) is 13.8 Å². The molecule has 0 aromatic rings. The third-order valence-corrected chi connectivity index (χ3v) is 12.0. The highest BCUT2D eigenvalue weighted by Gasteiger charge is 2.76. The molecule has 4 nitrogen and oxygen atoms in total. The first-order valence-electron chi connectivity index (χ1n) is 16.8. The van der Waals surface area contributed by atoms with Crippen molar-refractivity contribution in [1.82, 2.24) is 10.6 Å². The summed E-state index contributed by atoms with van der Waals surface area (Å²) >= 11 is 0. The molecule has 6 atom stereocenters. The van der Waals surface area contributed by atoms with Gasteiger partial charge in [0.25, 0.3) is 0 Å². The molecule has 2 N–H and O–H groups in total. The van der Waals surface area contributed by atoms with E-state index in [2.05, 4.69) is 24.5 Å². The van der Waals surface area contributed by atoms with Crippen LogP contribution in [0.2, 0.25) is 0 Å². The van der Waals surface area contributed by atoms with E-state index in [1.165, 1.54) is 0 Å². The number of hydrogen-bond donors (Lipinski definition) is 2. The van der Waals surface area contributed by atoms with Crippen LogP contribution in [0.15, 0.2) is 0 Å². The lowest BCUT2D eigenvalue weighted by atomic mass is 9.55. The van der Waals surface area contributed by atoms with Crippen LogP contribution in [-0.4, -0.2) is 36.3 Å². The lowest BCUT2D eigenvalue weighted by Gasteiger charge is -2.53. The third kappa shape index (κ3) is 7.34. The van der Waals surface area contributed by atoms with Gasteiger partial charge in [-0.3, -0.25) is 9.59 Å². The fraction of sp³-hybridized carbons (Fsp3) is 0.939. The molecule has 0 radical (unpaired) electrons. The molecule has 4 aliphatic rings. The number of carbonyl (C=O) groups excluding carboxylic acids is 2. The highest BCUT2D eigenvalue weighted by atomic mass is 19.4. The highest BCUT2D eigenvalue weighted by Crippen LogP contribution is 2.65. The van der Waals surface area contributed by atoms with Gasteiger partial charge < -0.3 is 10.6 Å². The molecule has 4 fully saturated rings. The molecule has 0 saturated heterocycles. The summed E-state index contributed by atoms with van der Waals surface area (Å²) in [6.07, 6.45) is -5.41. The molecule has 248 valence electrons. The van der Waals surface area contributed by atoms with E-state index in [1.54, 1.807) is 0 Å². The zero-order chi connectivity index (χ0) is 31.7. The van der Waals surface area contributed by atoms with Gasteiger partial charge in [0.1, 0.15) is 0 Å². The summed E-state index contributed by atoms with van der Waals surface area (Å²) in [4.78, 5) is 26.2. The van der Waals surface area contributed by atoms with Crippen molar-refractivity contribution < 1.29 is 35.9 Å². The van der Waals surface area contributed by atoms with Crippen LogP contribution in [0.1, 0.15) is 118 Å². The second-order valence-corrected chi connectivity index (χ2v) is 15.0. The van der Waals surface area contributed by atoms with Crippen LogP contribution in [0.3, 0.4) is 0 Å². The Morgan fingerprint density at radius 3 is 1.14 bits per heavy atom. The Hall–Kier alpha value is -1.48. The van der Waals surface area contributed by atoms with Gasteiger partial charge in [-0.2, -0.15) is 26.3 Å². The fourth-order valence-electron chi connectivity index (χ4n) is 8.94. The van der Waals surface area contributed by atoms with E-state index in [-0.39, 0.29) is 74.0 Å². The lowest BCUT2D eigenvalue weighted by Crippen LogP contribution is -2.63. The number of hydrogen-bond acceptors (Lipinski definition) is 2. The largest absolute Gasteiger partial charge is 0.403 e. The van der Waals surface area contributed by atoms with Crippen molar-refractivity contribution >= 4 is 11.8 Å². The van der Waals surface area contributed by atoms with Gasteiger partial charge in [-0.15, -0.1) is 0 Å². The quantitative estimate of drug-likeness (QED) is 0.292. The summed E-state index contributed by atoms with van der Waals surface area (Å²) in [6.45, 7) is 7.86.